The quantitative estimate of drug-likeness (QED) is 0.781. The van der Waals surface area contributed by atoms with E-state index in [2.05, 4.69) is 5.32 Å². The summed E-state index contributed by atoms with van der Waals surface area (Å²) in [6, 6.07) is 6.73. The van der Waals surface area contributed by atoms with Gasteiger partial charge in [-0.25, -0.2) is 8.42 Å². The molecule has 0 radical (unpaired) electrons. The Balaban J connectivity index is 1.86. The van der Waals surface area contributed by atoms with E-state index in [0.717, 1.165) is 30.4 Å². The number of fused-ring (bicyclic) bond motifs is 1. The number of ether oxygens (including phenoxy) is 1. The number of carbonyl (C=O) groups is 1. The molecule has 1 atom stereocenters. The molecule has 1 N–H and O–H groups in total. The second-order valence-corrected chi connectivity index (χ2v) is 8.68. The number of benzene rings is 1. The van der Waals surface area contributed by atoms with Crippen LogP contribution in [0.4, 0.5) is 0 Å². The number of nitrogens with zero attached hydrogens (tertiary/aromatic N) is 2. The minimum Gasteiger partial charge on any atom is -0.376 e. The Bertz CT molecular complexity index is 926. The van der Waals surface area contributed by atoms with E-state index in [-0.39, 0.29) is 16.9 Å². The molecule has 148 valence electrons. The molecule has 1 fully saturated rings. The van der Waals surface area contributed by atoms with E-state index < -0.39 is 10.0 Å². The summed E-state index contributed by atoms with van der Waals surface area (Å²) in [5.41, 5.74) is 1.32. The van der Waals surface area contributed by atoms with Gasteiger partial charge in [0.25, 0.3) is 5.91 Å². The van der Waals surface area contributed by atoms with Gasteiger partial charge in [0.05, 0.1) is 11.0 Å². The number of amides is 1. The van der Waals surface area contributed by atoms with Gasteiger partial charge >= 0.3 is 0 Å². The fourth-order valence-corrected chi connectivity index (χ4v) is 5.01. The maximum absolute atomic E-state index is 12.7. The third-order valence-electron chi connectivity index (χ3n) is 5.10. The van der Waals surface area contributed by atoms with Crippen LogP contribution in [0.2, 0.25) is 0 Å². The van der Waals surface area contributed by atoms with E-state index >= 15 is 0 Å². The molecule has 1 aliphatic heterocycles. The monoisotopic (exact) mass is 393 g/mol. The molecule has 1 aromatic heterocycles. The van der Waals surface area contributed by atoms with E-state index in [1.165, 1.54) is 4.31 Å². The number of sulfonamides is 1. The number of nitrogens with one attached hydrogen (secondary N) is 1. The van der Waals surface area contributed by atoms with Crippen molar-refractivity contribution in [1.82, 2.24) is 14.2 Å². The summed E-state index contributed by atoms with van der Waals surface area (Å²) in [5, 5.41) is 3.64. The zero-order valence-electron chi connectivity index (χ0n) is 16.1. The first kappa shape index (κ1) is 19.9. The molecule has 8 heteroatoms. The third-order valence-corrected chi connectivity index (χ3v) is 7.15. The lowest BCUT2D eigenvalue weighted by atomic mass is 10.2. The molecule has 1 amide bonds. The molecule has 0 bridgehead atoms. The van der Waals surface area contributed by atoms with Crippen molar-refractivity contribution in [1.29, 1.82) is 0 Å². The predicted molar refractivity (Wildman–Crippen MR) is 104 cm³/mol. The molecule has 0 saturated carbocycles. The Labute approximate surface area is 160 Å². The van der Waals surface area contributed by atoms with E-state index in [4.69, 9.17) is 4.74 Å². The van der Waals surface area contributed by atoms with Crippen LogP contribution in [0.3, 0.4) is 0 Å². The Morgan fingerprint density at radius 3 is 2.67 bits per heavy atom. The molecular formula is C19H27N3O4S. The van der Waals surface area contributed by atoms with Crippen molar-refractivity contribution in [2.75, 3.05) is 26.2 Å². The molecule has 1 aliphatic rings. The van der Waals surface area contributed by atoms with Crippen LogP contribution in [0.25, 0.3) is 10.9 Å². The Kier molecular flexibility index (Phi) is 5.88. The van der Waals surface area contributed by atoms with Crippen LogP contribution in [-0.4, -0.2) is 55.5 Å². The third kappa shape index (κ3) is 3.88. The molecule has 0 spiro atoms. The van der Waals surface area contributed by atoms with Gasteiger partial charge in [0.1, 0.15) is 5.69 Å². The summed E-state index contributed by atoms with van der Waals surface area (Å²) in [7, 11) is -1.72. The number of aromatic nitrogens is 1. The average Bonchev–Trinajstić information content (AvgIpc) is 3.28. The topological polar surface area (TPSA) is 80.6 Å². The van der Waals surface area contributed by atoms with Gasteiger partial charge in [-0.05, 0) is 37.1 Å². The van der Waals surface area contributed by atoms with Crippen molar-refractivity contribution in [2.45, 2.75) is 37.7 Å². The summed E-state index contributed by atoms with van der Waals surface area (Å²) in [6.07, 6.45) is 2.06. The molecule has 2 aromatic rings. The smallest absolute Gasteiger partial charge is 0.268 e. The summed E-state index contributed by atoms with van der Waals surface area (Å²) in [4.78, 5) is 12.8. The Hall–Kier alpha value is -1.90. The number of aryl methyl sites for hydroxylation is 1. The highest BCUT2D eigenvalue weighted by atomic mass is 32.2. The molecule has 3 rings (SSSR count). The SMILES string of the molecule is CCN(CC)S(=O)(=O)c1ccc2c(c1)cc(C(=O)NC[C@H]1CCCO1)n2C. The molecule has 1 aromatic carbocycles. The van der Waals surface area contributed by atoms with Crippen LogP contribution in [0.5, 0.6) is 0 Å². The number of hydrogen-bond donors (Lipinski definition) is 1. The molecule has 0 unspecified atom stereocenters. The van der Waals surface area contributed by atoms with Crippen LogP contribution >= 0.6 is 0 Å². The Morgan fingerprint density at radius 1 is 1.30 bits per heavy atom. The number of carbonyl (C=O) groups excluding carboxylic acids is 1. The zero-order chi connectivity index (χ0) is 19.6. The lowest BCUT2D eigenvalue weighted by Crippen LogP contribution is -2.32. The second kappa shape index (κ2) is 8.00. The first-order valence-corrected chi connectivity index (χ1v) is 10.8. The highest BCUT2D eigenvalue weighted by Gasteiger charge is 2.23. The van der Waals surface area contributed by atoms with Gasteiger partial charge in [0, 0.05) is 44.2 Å². The first-order chi connectivity index (χ1) is 12.9. The van der Waals surface area contributed by atoms with Gasteiger partial charge in [-0.15, -0.1) is 0 Å². The van der Waals surface area contributed by atoms with Crippen molar-refractivity contribution in [3.05, 3.63) is 30.0 Å². The fraction of sp³-hybridized carbons (Fsp3) is 0.526. The predicted octanol–water partition coefficient (Wildman–Crippen LogP) is 2.12. The van der Waals surface area contributed by atoms with Crippen LogP contribution in [0.15, 0.2) is 29.2 Å². The fourth-order valence-electron chi connectivity index (χ4n) is 3.52. The maximum Gasteiger partial charge on any atom is 0.268 e. The molecule has 0 aliphatic carbocycles. The zero-order valence-corrected chi connectivity index (χ0v) is 16.9. The summed E-state index contributed by atoms with van der Waals surface area (Å²) in [5.74, 6) is -0.183. The van der Waals surface area contributed by atoms with Gasteiger partial charge < -0.3 is 14.6 Å². The lowest BCUT2D eigenvalue weighted by molar-refractivity contribution is 0.0851. The molecule has 2 heterocycles. The van der Waals surface area contributed by atoms with E-state index in [1.807, 2.05) is 20.9 Å². The second-order valence-electron chi connectivity index (χ2n) is 6.74. The summed E-state index contributed by atoms with van der Waals surface area (Å²) >= 11 is 0. The maximum atomic E-state index is 12.7. The van der Waals surface area contributed by atoms with Crippen LogP contribution in [0, 0.1) is 0 Å². The minimum absolute atomic E-state index is 0.0782. The van der Waals surface area contributed by atoms with E-state index in [1.54, 1.807) is 28.8 Å². The lowest BCUT2D eigenvalue weighted by Gasteiger charge is -2.18. The van der Waals surface area contributed by atoms with E-state index in [0.29, 0.717) is 25.3 Å². The first-order valence-electron chi connectivity index (χ1n) is 9.38. The standard InChI is InChI=1S/C19H27N3O4S/c1-4-22(5-2)27(24,25)16-8-9-17-14(11-16)12-18(21(17)3)19(23)20-13-15-7-6-10-26-15/h8-9,11-12,15H,4-7,10,13H2,1-3H3,(H,20,23)/t15-/m1/s1. The molecule has 27 heavy (non-hydrogen) atoms. The van der Waals surface area contributed by atoms with Gasteiger partial charge in [-0.1, -0.05) is 13.8 Å². The summed E-state index contributed by atoms with van der Waals surface area (Å²) in [6.45, 7) is 5.71. The van der Waals surface area contributed by atoms with Crippen molar-refractivity contribution >= 4 is 26.8 Å². The minimum atomic E-state index is -3.53. The number of rotatable bonds is 7. The van der Waals surface area contributed by atoms with Crippen molar-refractivity contribution in [2.24, 2.45) is 7.05 Å². The Morgan fingerprint density at radius 2 is 2.04 bits per heavy atom. The highest BCUT2D eigenvalue weighted by Crippen LogP contribution is 2.24. The van der Waals surface area contributed by atoms with Crippen LogP contribution in [0.1, 0.15) is 37.2 Å². The van der Waals surface area contributed by atoms with Gasteiger partial charge in [-0.3, -0.25) is 4.79 Å². The van der Waals surface area contributed by atoms with E-state index in [9.17, 15) is 13.2 Å². The van der Waals surface area contributed by atoms with Crippen molar-refractivity contribution in [3.8, 4) is 0 Å². The number of hydrogen-bond acceptors (Lipinski definition) is 4. The van der Waals surface area contributed by atoms with Gasteiger partial charge in [0.2, 0.25) is 10.0 Å². The van der Waals surface area contributed by atoms with Crippen LogP contribution < -0.4 is 5.32 Å². The summed E-state index contributed by atoms with van der Waals surface area (Å²) < 4.78 is 34.2. The normalized spacial score (nSPS) is 17.7. The average molecular weight is 394 g/mol. The molecule has 1 saturated heterocycles. The van der Waals surface area contributed by atoms with Crippen LogP contribution in [-0.2, 0) is 21.8 Å². The van der Waals surface area contributed by atoms with Gasteiger partial charge in [-0.2, -0.15) is 4.31 Å². The molecule has 7 nitrogen and oxygen atoms in total. The highest BCUT2D eigenvalue weighted by molar-refractivity contribution is 7.89. The molecular weight excluding hydrogens is 366 g/mol. The van der Waals surface area contributed by atoms with Gasteiger partial charge in [0.15, 0.2) is 0 Å². The van der Waals surface area contributed by atoms with Crippen molar-refractivity contribution in [3.63, 3.8) is 0 Å². The largest absolute Gasteiger partial charge is 0.376 e. The van der Waals surface area contributed by atoms with Crippen molar-refractivity contribution < 1.29 is 17.9 Å².